The highest BCUT2D eigenvalue weighted by molar-refractivity contribution is 7.99. The number of nitrogens with zero attached hydrogens (tertiary/aromatic N) is 3. The van der Waals surface area contributed by atoms with Crippen molar-refractivity contribution in [1.29, 1.82) is 0 Å². The summed E-state index contributed by atoms with van der Waals surface area (Å²) >= 11 is 7.37. The average Bonchev–Trinajstić information content (AvgIpc) is 3.59. The number of benzene rings is 3. The Morgan fingerprint density at radius 1 is 0.872 bits per heavy atom. The SMILES string of the molecule is O=[N+]([O-])c1ccc(Sc2ccc(N3C(=S)N[C@H](c4ccccn4)[C@@H]3c3ccc(-c4ccccc4)o3)cc2)cc1. The highest BCUT2D eigenvalue weighted by Gasteiger charge is 2.42. The Kier molecular flexibility index (Phi) is 6.83. The highest BCUT2D eigenvalue weighted by Crippen LogP contribution is 2.43. The van der Waals surface area contributed by atoms with Gasteiger partial charge in [-0.3, -0.25) is 15.1 Å². The number of nitrogens with one attached hydrogen (secondary N) is 1. The summed E-state index contributed by atoms with van der Waals surface area (Å²) in [5, 5.41) is 15.0. The number of furan rings is 1. The number of rotatable bonds is 7. The van der Waals surface area contributed by atoms with E-state index in [0.717, 1.165) is 38.3 Å². The van der Waals surface area contributed by atoms with Crippen molar-refractivity contribution >= 4 is 40.5 Å². The van der Waals surface area contributed by atoms with Crippen LogP contribution in [0.25, 0.3) is 11.3 Å². The molecular weight excluding hydrogens is 528 g/mol. The Labute approximate surface area is 234 Å². The zero-order valence-electron chi connectivity index (χ0n) is 20.5. The number of hydrogen-bond donors (Lipinski definition) is 1. The predicted molar refractivity (Wildman–Crippen MR) is 156 cm³/mol. The molecule has 0 radical (unpaired) electrons. The Morgan fingerprint density at radius 2 is 1.56 bits per heavy atom. The van der Waals surface area contributed by atoms with E-state index < -0.39 is 4.92 Å². The zero-order valence-corrected chi connectivity index (χ0v) is 22.1. The van der Waals surface area contributed by atoms with E-state index in [2.05, 4.69) is 15.2 Å². The van der Waals surface area contributed by atoms with Gasteiger partial charge in [0.1, 0.15) is 17.6 Å². The minimum atomic E-state index is -0.396. The molecule has 0 amide bonds. The Hall–Kier alpha value is -4.47. The van der Waals surface area contributed by atoms with Gasteiger partial charge in [0.25, 0.3) is 5.69 Å². The van der Waals surface area contributed by atoms with E-state index in [0.29, 0.717) is 5.11 Å². The Bertz CT molecular complexity index is 1610. The number of aromatic nitrogens is 1. The van der Waals surface area contributed by atoms with Crippen LogP contribution in [0.3, 0.4) is 0 Å². The molecule has 5 aromatic rings. The first-order chi connectivity index (χ1) is 19.1. The van der Waals surface area contributed by atoms with Crippen LogP contribution in [0.1, 0.15) is 23.5 Å². The minimum Gasteiger partial charge on any atom is -0.459 e. The Morgan fingerprint density at radius 3 is 2.23 bits per heavy atom. The molecule has 7 nitrogen and oxygen atoms in total. The first-order valence-electron chi connectivity index (χ1n) is 12.2. The number of pyridine rings is 1. The molecule has 192 valence electrons. The van der Waals surface area contributed by atoms with Gasteiger partial charge in [0.2, 0.25) is 0 Å². The number of nitro groups is 1. The lowest BCUT2D eigenvalue weighted by Gasteiger charge is -2.26. The fourth-order valence-electron chi connectivity index (χ4n) is 4.64. The quantitative estimate of drug-likeness (QED) is 0.126. The van der Waals surface area contributed by atoms with Gasteiger partial charge < -0.3 is 14.6 Å². The van der Waals surface area contributed by atoms with Crippen LogP contribution in [0.5, 0.6) is 0 Å². The second-order valence-corrected chi connectivity index (χ2v) is 10.4. The molecule has 0 unspecified atom stereocenters. The van der Waals surface area contributed by atoms with Gasteiger partial charge in [0.05, 0.1) is 16.7 Å². The van der Waals surface area contributed by atoms with Gasteiger partial charge in [-0.25, -0.2) is 0 Å². The molecule has 0 aliphatic carbocycles. The third kappa shape index (κ3) is 5.14. The van der Waals surface area contributed by atoms with Crippen molar-refractivity contribution in [3.8, 4) is 11.3 Å². The topological polar surface area (TPSA) is 84.4 Å². The monoisotopic (exact) mass is 550 g/mol. The van der Waals surface area contributed by atoms with Crippen molar-refractivity contribution in [3.63, 3.8) is 0 Å². The average molecular weight is 551 g/mol. The standard InChI is InChI=1S/C30H22N4O3S2/c35-34(36)22-11-15-24(16-12-22)39-23-13-9-21(10-14-23)33-29(28(32-30(33)38)25-8-4-5-19-31-25)27-18-17-26(37-27)20-6-2-1-3-7-20/h1-19,28-29H,(H,32,38)/t28-,29+/m1/s1. The summed E-state index contributed by atoms with van der Waals surface area (Å²) in [7, 11) is 0. The first-order valence-corrected chi connectivity index (χ1v) is 13.5. The summed E-state index contributed by atoms with van der Waals surface area (Å²) in [5.41, 5.74) is 2.87. The summed E-state index contributed by atoms with van der Waals surface area (Å²) in [5.74, 6) is 1.57. The predicted octanol–water partition coefficient (Wildman–Crippen LogP) is 7.58. The molecule has 2 atom stereocenters. The molecule has 1 fully saturated rings. The normalized spacial score (nSPS) is 16.7. The Balaban J connectivity index is 1.31. The summed E-state index contributed by atoms with van der Waals surface area (Å²) in [6, 6.07) is 34.0. The number of anilines is 1. The van der Waals surface area contributed by atoms with E-state index in [1.807, 2.05) is 84.9 Å². The molecule has 2 aromatic heterocycles. The smallest absolute Gasteiger partial charge is 0.269 e. The molecule has 1 N–H and O–H groups in total. The van der Waals surface area contributed by atoms with E-state index in [9.17, 15) is 10.1 Å². The van der Waals surface area contributed by atoms with Crippen molar-refractivity contribution in [2.45, 2.75) is 21.9 Å². The molecule has 0 saturated carbocycles. The highest BCUT2D eigenvalue weighted by atomic mass is 32.2. The summed E-state index contributed by atoms with van der Waals surface area (Å²) in [4.78, 5) is 19.2. The zero-order chi connectivity index (χ0) is 26.8. The maximum atomic E-state index is 10.9. The van der Waals surface area contributed by atoms with Crippen molar-refractivity contribution in [1.82, 2.24) is 10.3 Å². The van der Waals surface area contributed by atoms with E-state index in [4.69, 9.17) is 16.6 Å². The van der Waals surface area contributed by atoms with E-state index in [1.54, 1.807) is 18.3 Å². The van der Waals surface area contributed by atoms with E-state index in [-0.39, 0.29) is 17.8 Å². The molecule has 9 heteroatoms. The molecule has 0 bridgehead atoms. The van der Waals surface area contributed by atoms with E-state index >= 15 is 0 Å². The lowest BCUT2D eigenvalue weighted by atomic mass is 10.0. The third-order valence-corrected chi connectivity index (χ3v) is 7.80. The van der Waals surface area contributed by atoms with Crippen LogP contribution in [0.15, 0.2) is 130 Å². The first kappa shape index (κ1) is 24.8. The van der Waals surface area contributed by atoms with Crippen LogP contribution in [0.2, 0.25) is 0 Å². The van der Waals surface area contributed by atoms with Gasteiger partial charge in [0.15, 0.2) is 5.11 Å². The van der Waals surface area contributed by atoms with Crippen LogP contribution < -0.4 is 10.2 Å². The van der Waals surface area contributed by atoms with E-state index in [1.165, 1.54) is 23.9 Å². The van der Waals surface area contributed by atoms with Crippen molar-refractivity contribution in [2.24, 2.45) is 0 Å². The fraction of sp³-hybridized carbons (Fsp3) is 0.0667. The summed E-state index contributed by atoms with van der Waals surface area (Å²) in [6.07, 6.45) is 1.78. The van der Waals surface area contributed by atoms with Gasteiger partial charge in [-0.1, -0.05) is 48.2 Å². The molecule has 3 aromatic carbocycles. The van der Waals surface area contributed by atoms with Gasteiger partial charge in [-0.05, 0) is 72.9 Å². The van der Waals surface area contributed by atoms with Gasteiger partial charge >= 0.3 is 0 Å². The second kappa shape index (κ2) is 10.7. The van der Waals surface area contributed by atoms with Crippen LogP contribution in [-0.4, -0.2) is 15.0 Å². The van der Waals surface area contributed by atoms with Crippen LogP contribution >= 0.6 is 24.0 Å². The molecule has 1 aliphatic rings. The lowest BCUT2D eigenvalue weighted by Crippen LogP contribution is -2.29. The van der Waals surface area contributed by atoms with Crippen LogP contribution in [-0.2, 0) is 0 Å². The number of nitro benzene ring substituents is 1. The molecule has 6 rings (SSSR count). The third-order valence-electron chi connectivity index (χ3n) is 6.47. The number of hydrogen-bond acceptors (Lipinski definition) is 6. The van der Waals surface area contributed by atoms with Gasteiger partial charge in [-0.15, -0.1) is 0 Å². The summed E-state index contributed by atoms with van der Waals surface area (Å²) in [6.45, 7) is 0. The molecule has 1 saturated heterocycles. The van der Waals surface area contributed by atoms with Crippen LogP contribution in [0, 0.1) is 10.1 Å². The molecule has 3 heterocycles. The van der Waals surface area contributed by atoms with Gasteiger partial charge in [-0.2, -0.15) is 0 Å². The molecule has 1 aliphatic heterocycles. The van der Waals surface area contributed by atoms with Crippen LogP contribution in [0.4, 0.5) is 11.4 Å². The minimum absolute atomic E-state index is 0.0755. The second-order valence-electron chi connectivity index (χ2n) is 8.91. The maximum Gasteiger partial charge on any atom is 0.269 e. The van der Waals surface area contributed by atoms with Crippen molar-refractivity contribution in [3.05, 3.63) is 137 Å². The lowest BCUT2D eigenvalue weighted by molar-refractivity contribution is -0.384. The number of thiocarbonyl (C=S) groups is 1. The molecular formula is C30H22N4O3S2. The largest absolute Gasteiger partial charge is 0.459 e. The van der Waals surface area contributed by atoms with Crippen molar-refractivity contribution < 1.29 is 9.34 Å². The maximum absolute atomic E-state index is 10.9. The number of non-ortho nitro benzene ring substituents is 1. The molecule has 0 spiro atoms. The summed E-state index contributed by atoms with van der Waals surface area (Å²) < 4.78 is 6.41. The molecule has 39 heavy (non-hydrogen) atoms. The van der Waals surface area contributed by atoms with Gasteiger partial charge in [0, 0.05) is 39.4 Å². The van der Waals surface area contributed by atoms with Crippen molar-refractivity contribution in [2.75, 3.05) is 4.90 Å². The fourth-order valence-corrected chi connectivity index (χ4v) is 5.80.